The van der Waals surface area contributed by atoms with E-state index in [-0.39, 0.29) is 0 Å². The predicted octanol–water partition coefficient (Wildman–Crippen LogP) is 3.35. The summed E-state index contributed by atoms with van der Waals surface area (Å²) in [5.74, 6) is 0. The standard InChI is InChI=1S/C17H17N3S/c21-17(18-14-16-10-5-2-6-11-16)20-19-13-7-12-15-8-3-1-4-9-15/h1-13H,14H2,(H2,18,20,21)/b12-7+,19-13+. The van der Waals surface area contributed by atoms with Crippen molar-refractivity contribution in [3.05, 3.63) is 77.9 Å². The monoisotopic (exact) mass is 295 g/mol. The second-order valence-corrected chi connectivity index (χ2v) is 4.74. The van der Waals surface area contributed by atoms with Gasteiger partial charge in [0.1, 0.15) is 0 Å². The number of hydrazone groups is 1. The summed E-state index contributed by atoms with van der Waals surface area (Å²) in [5, 5.41) is 7.63. The van der Waals surface area contributed by atoms with E-state index in [0.717, 1.165) is 5.56 Å². The van der Waals surface area contributed by atoms with Crippen LogP contribution in [0.4, 0.5) is 0 Å². The molecule has 0 radical (unpaired) electrons. The lowest BCUT2D eigenvalue weighted by Gasteiger charge is -2.06. The highest BCUT2D eigenvalue weighted by atomic mass is 32.1. The first-order valence-electron chi connectivity index (χ1n) is 6.67. The molecule has 0 atom stereocenters. The van der Waals surface area contributed by atoms with Gasteiger partial charge in [-0.05, 0) is 29.4 Å². The molecule has 0 fully saturated rings. The van der Waals surface area contributed by atoms with Gasteiger partial charge in [-0.3, -0.25) is 5.43 Å². The molecule has 2 N–H and O–H groups in total. The number of hydrogen-bond donors (Lipinski definition) is 2. The van der Waals surface area contributed by atoms with Crippen molar-refractivity contribution in [2.24, 2.45) is 5.10 Å². The van der Waals surface area contributed by atoms with Crippen molar-refractivity contribution in [1.82, 2.24) is 10.7 Å². The maximum Gasteiger partial charge on any atom is 0.187 e. The van der Waals surface area contributed by atoms with Gasteiger partial charge in [0.25, 0.3) is 0 Å². The third-order valence-electron chi connectivity index (χ3n) is 2.71. The summed E-state index contributed by atoms with van der Waals surface area (Å²) < 4.78 is 0. The molecule has 0 saturated heterocycles. The molecule has 0 heterocycles. The highest BCUT2D eigenvalue weighted by molar-refractivity contribution is 7.80. The minimum absolute atomic E-state index is 0.503. The summed E-state index contributed by atoms with van der Waals surface area (Å²) in [7, 11) is 0. The third kappa shape index (κ3) is 6.01. The molecule has 0 aliphatic carbocycles. The Morgan fingerprint density at radius 3 is 2.38 bits per heavy atom. The Bertz CT molecular complexity index is 606. The quantitative estimate of drug-likeness (QED) is 0.504. The average Bonchev–Trinajstić information content (AvgIpc) is 2.54. The molecule has 2 aromatic carbocycles. The van der Waals surface area contributed by atoms with Gasteiger partial charge >= 0.3 is 0 Å². The topological polar surface area (TPSA) is 36.4 Å². The van der Waals surface area contributed by atoms with Crippen molar-refractivity contribution < 1.29 is 0 Å². The summed E-state index contributed by atoms with van der Waals surface area (Å²) in [6.45, 7) is 0.683. The van der Waals surface area contributed by atoms with E-state index in [4.69, 9.17) is 12.2 Å². The minimum Gasteiger partial charge on any atom is -0.357 e. The van der Waals surface area contributed by atoms with Crippen LogP contribution in [0.3, 0.4) is 0 Å². The Hall–Kier alpha value is -2.46. The first-order valence-corrected chi connectivity index (χ1v) is 7.08. The Balaban J connectivity index is 1.69. The zero-order valence-corrected chi connectivity index (χ0v) is 12.4. The fourth-order valence-corrected chi connectivity index (χ4v) is 1.80. The van der Waals surface area contributed by atoms with Crippen molar-refractivity contribution >= 4 is 29.6 Å². The molecule has 106 valence electrons. The van der Waals surface area contributed by atoms with Gasteiger partial charge in [-0.25, -0.2) is 0 Å². The zero-order chi connectivity index (χ0) is 14.8. The van der Waals surface area contributed by atoms with E-state index in [2.05, 4.69) is 15.8 Å². The summed E-state index contributed by atoms with van der Waals surface area (Å²) in [6.07, 6.45) is 5.51. The lowest BCUT2D eigenvalue weighted by atomic mass is 10.2. The maximum absolute atomic E-state index is 5.14. The zero-order valence-electron chi connectivity index (χ0n) is 11.6. The van der Waals surface area contributed by atoms with Gasteiger partial charge in [0.05, 0.1) is 0 Å². The molecule has 0 amide bonds. The van der Waals surface area contributed by atoms with Crippen molar-refractivity contribution in [3.8, 4) is 0 Å². The Labute approximate surface area is 130 Å². The van der Waals surface area contributed by atoms with Gasteiger partial charge in [-0.15, -0.1) is 0 Å². The molecular weight excluding hydrogens is 278 g/mol. The van der Waals surface area contributed by atoms with Gasteiger partial charge < -0.3 is 5.32 Å². The van der Waals surface area contributed by atoms with E-state index in [9.17, 15) is 0 Å². The van der Waals surface area contributed by atoms with Crippen LogP contribution in [-0.2, 0) is 6.54 Å². The van der Waals surface area contributed by atoms with Gasteiger partial charge in [-0.2, -0.15) is 5.10 Å². The maximum atomic E-state index is 5.14. The van der Waals surface area contributed by atoms with Crippen molar-refractivity contribution in [1.29, 1.82) is 0 Å². The molecular formula is C17H17N3S. The molecule has 0 unspecified atom stereocenters. The first kappa shape index (κ1) is 14.9. The first-order chi connectivity index (χ1) is 10.3. The molecule has 2 rings (SSSR count). The third-order valence-corrected chi connectivity index (χ3v) is 2.95. The van der Waals surface area contributed by atoms with Crippen LogP contribution in [-0.4, -0.2) is 11.3 Å². The van der Waals surface area contributed by atoms with Crippen LogP contribution in [0.1, 0.15) is 11.1 Å². The molecule has 21 heavy (non-hydrogen) atoms. The number of nitrogens with zero attached hydrogens (tertiary/aromatic N) is 1. The molecule has 0 aliphatic rings. The van der Waals surface area contributed by atoms with Crippen LogP contribution < -0.4 is 10.7 Å². The smallest absolute Gasteiger partial charge is 0.187 e. The number of nitrogens with one attached hydrogen (secondary N) is 2. The van der Waals surface area contributed by atoms with Crippen LogP contribution in [0.25, 0.3) is 6.08 Å². The second kappa shape index (κ2) is 8.66. The summed E-state index contributed by atoms with van der Waals surface area (Å²) in [4.78, 5) is 0. The molecule has 0 bridgehead atoms. The predicted molar refractivity (Wildman–Crippen MR) is 93.0 cm³/mol. The summed E-state index contributed by atoms with van der Waals surface area (Å²) in [6, 6.07) is 20.1. The average molecular weight is 295 g/mol. The normalized spacial score (nSPS) is 10.9. The lowest BCUT2D eigenvalue weighted by molar-refractivity contribution is 0.869. The molecule has 0 aromatic heterocycles. The van der Waals surface area contributed by atoms with Crippen LogP contribution in [0, 0.1) is 0 Å². The van der Waals surface area contributed by atoms with Gasteiger partial charge in [0.15, 0.2) is 5.11 Å². The lowest BCUT2D eigenvalue weighted by Crippen LogP contribution is -2.31. The molecule has 0 aliphatic heterocycles. The van der Waals surface area contributed by atoms with Crippen molar-refractivity contribution in [2.45, 2.75) is 6.54 Å². The van der Waals surface area contributed by atoms with Crippen LogP contribution in [0.2, 0.25) is 0 Å². The number of rotatable bonds is 5. The largest absolute Gasteiger partial charge is 0.357 e. The van der Waals surface area contributed by atoms with E-state index < -0.39 is 0 Å². The summed E-state index contributed by atoms with van der Waals surface area (Å²) >= 11 is 5.14. The number of allylic oxidation sites excluding steroid dienone is 1. The van der Waals surface area contributed by atoms with E-state index >= 15 is 0 Å². The van der Waals surface area contributed by atoms with E-state index in [1.807, 2.05) is 72.8 Å². The number of hydrogen-bond acceptors (Lipinski definition) is 2. The van der Waals surface area contributed by atoms with Crippen molar-refractivity contribution in [3.63, 3.8) is 0 Å². The Kier molecular flexibility index (Phi) is 6.16. The van der Waals surface area contributed by atoms with E-state index in [0.29, 0.717) is 11.7 Å². The molecule has 2 aromatic rings. The summed E-state index contributed by atoms with van der Waals surface area (Å²) in [5.41, 5.74) is 5.09. The van der Waals surface area contributed by atoms with Crippen molar-refractivity contribution in [2.75, 3.05) is 0 Å². The molecule has 3 nitrogen and oxygen atoms in total. The highest BCUT2D eigenvalue weighted by Crippen LogP contribution is 1.99. The van der Waals surface area contributed by atoms with Crippen LogP contribution in [0.5, 0.6) is 0 Å². The van der Waals surface area contributed by atoms with Crippen LogP contribution >= 0.6 is 12.2 Å². The second-order valence-electron chi connectivity index (χ2n) is 4.33. The molecule has 4 heteroatoms. The van der Waals surface area contributed by atoms with Gasteiger partial charge in [0.2, 0.25) is 0 Å². The highest BCUT2D eigenvalue weighted by Gasteiger charge is 1.93. The SMILES string of the molecule is S=C(NCc1ccccc1)N/N=C/C=C/c1ccccc1. The van der Waals surface area contributed by atoms with Gasteiger partial charge in [-0.1, -0.05) is 66.7 Å². The molecule has 0 spiro atoms. The van der Waals surface area contributed by atoms with E-state index in [1.165, 1.54) is 5.56 Å². The fraction of sp³-hybridized carbons (Fsp3) is 0.0588. The molecule has 0 saturated carbocycles. The van der Waals surface area contributed by atoms with Crippen LogP contribution in [0.15, 0.2) is 71.8 Å². The van der Waals surface area contributed by atoms with Gasteiger partial charge in [0, 0.05) is 12.8 Å². The number of thiocarbonyl (C=S) groups is 1. The fourth-order valence-electron chi connectivity index (χ4n) is 1.67. The Morgan fingerprint density at radius 2 is 1.67 bits per heavy atom. The van der Waals surface area contributed by atoms with E-state index in [1.54, 1.807) is 6.21 Å². The Morgan fingerprint density at radius 1 is 1.00 bits per heavy atom. The minimum atomic E-state index is 0.503. The number of benzene rings is 2.